The van der Waals surface area contributed by atoms with Crippen LogP contribution in [-0.4, -0.2) is 22.6 Å². The van der Waals surface area contributed by atoms with E-state index in [1.54, 1.807) is 18.2 Å². The second-order valence-electron chi connectivity index (χ2n) is 5.81. The van der Waals surface area contributed by atoms with Crippen LogP contribution in [0.4, 0.5) is 5.69 Å². The molecule has 26 heavy (non-hydrogen) atoms. The van der Waals surface area contributed by atoms with E-state index in [2.05, 4.69) is 20.8 Å². The maximum absolute atomic E-state index is 11.1. The number of aromatic nitrogens is 1. The van der Waals surface area contributed by atoms with Crippen molar-refractivity contribution in [2.75, 3.05) is 6.54 Å². The quantitative estimate of drug-likeness (QED) is 0.209. The third-order valence-corrected chi connectivity index (χ3v) is 3.54. The number of nitro groups is 1. The number of nitrogens with one attached hydrogen (secondary N) is 2. The Morgan fingerprint density at radius 3 is 2.69 bits per heavy atom. The average Bonchev–Trinajstić information content (AvgIpc) is 3.07. The number of hydrogen-bond acceptors (Lipinski definition) is 5. The highest BCUT2D eigenvalue weighted by Gasteiger charge is 2.12. The molecule has 2 rings (SSSR count). The molecule has 0 bridgehead atoms. The number of nitrogens with zero attached hydrogens (tertiary/aromatic N) is 3. The maximum Gasteiger partial charge on any atom is 0.274 e. The van der Waals surface area contributed by atoms with E-state index in [-0.39, 0.29) is 36.2 Å². The van der Waals surface area contributed by atoms with Gasteiger partial charge in [-0.3, -0.25) is 10.1 Å². The average molecular weight is 473 g/mol. The standard InChI is InChI=1S/C17H23N5O3.HI/c1-4-18-17(20-11-14-9-15(12(2)3)21-25-14)19-10-13-7-5-6-8-16(13)22(23)24;/h5-9,12H,4,10-11H2,1-3H3,(H2,18,19,20);1H. The number of guanidine groups is 1. The van der Waals surface area contributed by atoms with E-state index in [9.17, 15) is 10.1 Å². The molecule has 0 fully saturated rings. The van der Waals surface area contributed by atoms with Crippen LogP contribution in [0.25, 0.3) is 0 Å². The third kappa shape index (κ3) is 6.28. The maximum atomic E-state index is 11.1. The minimum Gasteiger partial charge on any atom is -0.359 e. The van der Waals surface area contributed by atoms with Gasteiger partial charge in [0.2, 0.25) is 0 Å². The molecule has 0 aliphatic carbocycles. The van der Waals surface area contributed by atoms with Crippen molar-refractivity contribution in [3.8, 4) is 0 Å². The summed E-state index contributed by atoms with van der Waals surface area (Å²) in [4.78, 5) is 15.1. The fraction of sp³-hybridized carbons (Fsp3) is 0.412. The Balaban J connectivity index is 0.00000338. The van der Waals surface area contributed by atoms with Crippen molar-refractivity contribution in [1.82, 2.24) is 15.8 Å². The molecule has 0 atom stereocenters. The van der Waals surface area contributed by atoms with Crippen molar-refractivity contribution in [3.63, 3.8) is 0 Å². The van der Waals surface area contributed by atoms with Crippen LogP contribution in [-0.2, 0) is 13.1 Å². The molecule has 0 aliphatic rings. The topological polar surface area (TPSA) is 106 Å². The smallest absolute Gasteiger partial charge is 0.274 e. The van der Waals surface area contributed by atoms with Gasteiger partial charge in [-0.25, -0.2) is 4.99 Å². The summed E-state index contributed by atoms with van der Waals surface area (Å²) >= 11 is 0. The van der Waals surface area contributed by atoms with Gasteiger partial charge >= 0.3 is 0 Å². The summed E-state index contributed by atoms with van der Waals surface area (Å²) in [5.41, 5.74) is 1.53. The molecule has 0 aliphatic heterocycles. The molecule has 2 N–H and O–H groups in total. The molecular formula is C17H24IN5O3. The first kappa shape index (κ1) is 21.9. The van der Waals surface area contributed by atoms with Gasteiger partial charge in [-0.2, -0.15) is 0 Å². The van der Waals surface area contributed by atoms with Gasteiger partial charge in [0, 0.05) is 18.7 Å². The normalized spacial score (nSPS) is 11.2. The molecule has 2 aromatic rings. The first-order valence-corrected chi connectivity index (χ1v) is 8.21. The zero-order valence-electron chi connectivity index (χ0n) is 15.1. The molecular weight excluding hydrogens is 449 g/mol. The monoisotopic (exact) mass is 473 g/mol. The molecule has 1 aromatic carbocycles. The fourth-order valence-corrected chi connectivity index (χ4v) is 2.18. The highest BCUT2D eigenvalue weighted by atomic mass is 127. The number of hydrogen-bond donors (Lipinski definition) is 2. The van der Waals surface area contributed by atoms with Crippen molar-refractivity contribution >= 4 is 35.6 Å². The summed E-state index contributed by atoms with van der Waals surface area (Å²) in [7, 11) is 0. The highest BCUT2D eigenvalue weighted by Crippen LogP contribution is 2.18. The lowest BCUT2D eigenvalue weighted by molar-refractivity contribution is -0.385. The molecule has 0 unspecified atom stereocenters. The second kappa shape index (κ2) is 10.7. The fourth-order valence-electron chi connectivity index (χ4n) is 2.18. The molecule has 0 saturated heterocycles. The first-order chi connectivity index (χ1) is 12.0. The van der Waals surface area contributed by atoms with Crippen molar-refractivity contribution in [3.05, 3.63) is 57.5 Å². The van der Waals surface area contributed by atoms with Crippen LogP contribution >= 0.6 is 24.0 Å². The zero-order chi connectivity index (χ0) is 18.2. The largest absolute Gasteiger partial charge is 0.359 e. The van der Waals surface area contributed by atoms with Gasteiger partial charge in [-0.1, -0.05) is 37.2 Å². The van der Waals surface area contributed by atoms with Crippen LogP contribution in [0.15, 0.2) is 39.8 Å². The Labute approximate surface area is 169 Å². The molecule has 9 heteroatoms. The van der Waals surface area contributed by atoms with Crippen molar-refractivity contribution in [1.29, 1.82) is 0 Å². The van der Waals surface area contributed by atoms with E-state index in [1.165, 1.54) is 6.07 Å². The predicted molar refractivity (Wildman–Crippen MR) is 111 cm³/mol. The summed E-state index contributed by atoms with van der Waals surface area (Å²) in [6.07, 6.45) is 0. The molecule has 142 valence electrons. The summed E-state index contributed by atoms with van der Waals surface area (Å²) in [5.74, 6) is 1.57. The lowest BCUT2D eigenvalue weighted by Crippen LogP contribution is -2.36. The van der Waals surface area contributed by atoms with E-state index in [0.717, 1.165) is 5.69 Å². The number of benzene rings is 1. The van der Waals surface area contributed by atoms with Crippen LogP contribution in [0.3, 0.4) is 0 Å². The SMILES string of the molecule is CCNC(=NCc1ccccc1[N+](=O)[O-])NCc1cc(C(C)C)no1.I. The van der Waals surface area contributed by atoms with Gasteiger partial charge in [-0.05, 0) is 12.8 Å². The van der Waals surface area contributed by atoms with Gasteiger partial charge in [0.15, 0.2) is 11.7 Å². The van der Waals surface area contributed by atoms with E-state index in [0.29, 0.717) is 36.3 Å². The Kier molecular flexibility index (Phi) is 9.03. The van der Waals surface area contributed by atoms with E-state index >= 15 is 0 Å². The zero-order valence-corrected chi connectivity index (χ0v) is 17.4. The molecule has 8 nitrogen and oxygen atoms in total. The lowest BCUT2D eigenvalue weighted by atomic mass is 10.1. The van der Waals surface area contributed by atoms with E-state index < -0.39 is 4.92 Å². The second-order valence-corrected chi connectivity index (χ2v) is 5.81. The van der Waals surface area contributed by atoms with Gasteiger partial charge in [0.25, 0.3) is 5.69 Å². The summed E-state index contributed by atoms with van der Waals surface area (Å²) in [5, 5.41) is 21.3. The van der Waals surface area contributed by atoms with Crippen LogP contribution in [0, 0.1) is 10.1 Å². The molecule has 0 spiro atoms. The van der Waals surface area contributed by atoms with Crippen LogP contribution in [0.2, 0.25) is 0 Å². The third-order valence-electron chi connectivity index (χ3n) is 3.54. The van der Waals surface area contributed by atoms with Crippen molar-refractivity contribution < 1.29 is 9.45 Å². The number of rotatable bonds is 7. The van der Waals surface area contributed by atoms with Crippen LogP contribution in [0.5, 0.6) is 0 Å². The minimum atomic E-state index is -0.396. The molecule has 0 radical (unpaired) electrons. The Morgan fingerprint density at radius 2 is 2.08 bits per heavy atom. The molecule has 0 amide bonds. The van der Waals surface area contributed by atoms with Gasteiger partial charge in [-0.15, -0.1) is 24.0 Å². The summed E-state index contributed by atoms with van der Waals surface area (Å²) in [6, 6.07) is 8.50. The van der Waals surface area contributed by atoms with Crippen molar-refractivity contribution in [2.24, 2.45) is 4.99 Å². The number of aliphatic imine (C=N–C) groups is 1. The van der Waals surface area contributed by atoms with E-state index in [4.69, 9.17) is 4.52 Å². The first-order valence-electron chi connectivity index (χ1n) is 8.21. The van der Waals surface area contributed by atoms with Gasteiger partial charge < -0.3 is 15.2 Å². The number of halogens is 1. The lowest BCUT2D eigenvalue weighted by Gasteiger charge is -2.10. The Morgan fingerprint density at radius 1 is 1.35 bits per heavy atom. The number of para-hydroxylation sites is 1. The van der Waals surface area contributed by atoms with E-state index in [1.807, 2.05) is 26.8 Å². The number of nitro benzene ring substituents is 1. The summed E-state index contributed by atoms with van der Waals surface area (Å²) < 4.78 is 5.28. The molecule has 0 saturated carbocycles. The summed E-state index contributed by atoms with van der Waals surface area (Å²) in [6.45, 7) is 7.37. The Bertz CT molecular complexity index is 746. The highest BCUT2D eigenvalue weighted by molar-refractivity contribution is 14.0. The minimum absolute atomic E-state index is 0. The molecule has 1 aromatic heterocycles. The van der Waals surface area contributed by atoms with Crippen LogP contribution in [0.1, 0.15) is 43.7 Å². The van der Waals surface area contributed by atoms with Crippen molar-refractivity contribution in [2.45, 2.75) is 39.8 Å². The Hall–Kier alpha value is -2.17. The predicted octanol–water partition coefficient (Wildman–Crippen LogP) is 3.58. The van der Waals surface area contributed by atoms with Gasteiger partial charge in [0.1, 0.15) is 0 Å². The van der Waals surface area contributed by atoms with Gasteiger partial charge in [0.05, 0.1) is 29.3 Å². The molecule has 1 heterocycles. The van der Waals surface area contributed by atoms with Crippen LogP contribution < -0.4 is 10.6 Å².